The molecule has 1 unspecified atom stereocenters. The smallest absolute Gasteiger partial charge is 0.224 e. The normalized spacial score (nSPS) is 17.1. The van der Waals surface area contributed by atoms with Crippen LogP contribution in [0.25, 0.3) is 0 Å². The molecule has 0 radical (unpaired) electrons. The molecule has 0 aromatic carbocycles. The number of rotatable bonds is 5. The molecule has 2 rings (SSSR count). The number of nitrogens with zero attached hydrogens (tertiary/aromatic N) is 1. The van der Waals surface area contributed by atoms with E-state index in [2.05, 4.69) is 6.07 Å². The van der Waals surface area contributed by atoms with Gasteiger partial charge in [0.25, 0.3) is 0 Å². The number of thiophene rings is 1. The van der Waals surface area contributed by atoms with Crippen LogP contribution in [0.2, 0.25) is 0 Å². The van der Waals surface area contributed by atoms with Crippen LogP contribution in [0.15, 0.2) is 17.5 Å². The maximum Gasteiger partial charge on any atom is 0.224 e. The molecule has 1 aliphatic carbocycles. The van der Waals surface area contributed by atoms with Crippen LogP contribution in [-0.2, 0) is 11.3 Å². The number of hydrogen-bond donors (Lipinski definition) is 1. The summed E-state index contributed by atoms with van der Waals surface area (Å²) >= 11 is 1.68. The van der Waals surface area contributed by atoms with E-state index in [0.29, 0.717) is 18.9 Å². The van der Waals surface area contributed by atoms with Gasteiger partial charge in [-0.15, -0.1) is 11.3 Å². The first kappa shape index (κ1) is 11.6. The van der Waals surface area contributed by atoms with Gasteiger partial charge in [-0.05, 0) is 30.2 Å². The molecule has 88 valence electrons. The summed E-state index contributed by atoms with van der Waals surface area (Å²) in [4.78, 5) is 14.9. The SMILES string of the molecule is CN(Cc1cccs1)C(=O)CC(N)C1CC1. The van der Waals surface area contributed by atoms with E-state index in [1.165, 1.54) is 17.7 Å². The van der Waals surface area contributed by atoms with Crippen molar-refractivity contribution >= 4 is 17.2 Å². The standard InChI is InChI=1S/C12H18N2OS/c1-14(8-10-3-2-6-16-10)12(15)7-11(13)9-4-5-9/h2-3,6,9,11H,4-5,7-8,13H2,1H3. The minimum absolute atomic E-state index is 0.0679. The lowest BCUT2D eigenvalue weighted by Gasteiger charge is -2.18. The molecule has 1 saturated carbocycles. The van der Waals surface area contributed by atoms with Gasteiger partial charge in [0.1, 0.15) is 0 Å². The second-order valence-electron chi connectivity index (χ2n) is 4.53. The average molecular weight is 238 g/mol. The molecule has 1 fully saturated rings. The first-order valence-corrected chi connectivity index (χ1v) is 6.56. The Hall–Kier alpha value is -0.870. The summed E-state index contributed by atoms with van der Waals surface area (Å²) in [6.45, 7) is 0.702. The van der Waals surface area contributed by atoms with Gasteiger partial charge in [0.15, 0.2) is 0 Å². The summed E-state index contributed by atoms with van der Waals surface area (Å²) in [6.07, 6.45) is 2.89. The molecule has 1 aromatic heterocycles. The van der Waals surface area contributed by atoms with Crippen LogP contribution in [0, 0.1) is 5.92 Å². The summed E-state index contributed by atoms with van der Waals surface area (Å²) in [5, 5.41) is 2.03. The van der Waals surface area contributed by atoms with Gasteiger partial charge < -0.3 is 10.6 Å². The molecule has 16 heavy (non-hydrogen) atoms. The molecular weight excluding hydrogens is 220 g/mol. The highest BCUT2D eigenvalue weighted by Gasteiger charge is 2.30. The zero-order valence-corrected chi connectivity index (χ0v) is 10.4. The molecule has 0 bridgehead atoms. The molecule has 1 atom stereocenters. The quantitative estimate of drug-likeness (QED) is 0.850. The number of nitrogens with two attached hydrogens (primary N) is 1. The predicted molar refractivity (Wildman–Crippen MR) is 66.1 cm³/mol. The van der Waals surface area contributed by atoms with Gasteiger partial charge in [-0.1, -0.05) is 6.07 Å². The van der Waals surface area contributed by atoms with Gasteiger partial charge in [-0.25, -0.2) is 0 Å². The Labute approximate surface area is 100 Å². The third-order valence-electron chi connectivity index (χ3n) is 3.04. The van der Waals surface area contributed by atoms with Crippen LogP contribution in [-0.4, -0.2) is 23.9 Å². The minimum atomic E-state index is 0.0679. The number of carbonyl (C=O) groups is 1. The van der Waals surface area contributed by atoms with Crippen molar-refractivity contribution in [2.45, 2.75) is 31.8 Å². The van der Waals surface area contributed by atoms with Gasteiger partial charge in [0, 0.05) is 24.4 Å². The van der Waals surface area contributed by atoms with E-state index in [0.717, 1.165) is 0 Å². The summed E-state index contributed by atoms with van der Waals surface area (Å²) < 4.78 is 0. The maximum atomic E-state index is 11.9. The van der Waals surface area contributed by atoms with Crippen LogP contribution >= 0.6 is 11.3 Å². The summed E-state index contributed by atoms with van der Waals surface area (Å²) in [6, 6.07) is 4.13. The second kappa shape index (κ2) is 4.97. The van der Waals surface area contributed by atoms with Crippen molar-refractivity contribution in [3.63, 3.8) is 0 Å². The first-order chi connectivity index (χ1) is 7.66. The van der Waals surface area contributed by atoms with E-state index >= 15 is 0 Å². The molecule has 1 aliphatic rings. The molecule has 1 aromatic rings. The Balaban J connectivity index is 1.79. The number of hydrogen-bond acceptors (Lipinski definition) is 3. The molecule has 0 saturated heterocycles. The summed E-state index contributed by atoms with van der Waals surface area (Å²) in [5.74, 6) is 0.756. The molecular formula is C12H18N2OS. The summed E-state index contributed by atoms with van der Waals surface area (Å²) in [5.41, 5.74) is 5.95. The molecule has 3 nitrogen and oxygen atoms in total. The van der Waals surface area contributed by atoms with Crippen molar-refractivity contribution in [1.82, 2.24) is 4.90 Å². The van der Waals surface area contributed by atoms with Gasteiger partial charge in [-0.3, -0.25) is 4.79 Å². The predicted octanol–water partition coefficient (Wildman–Crippen LogP) is 1.83. The zero-order valence-electron chi connectivity index (χ0n) is 9.56. The van der Waals surface area contributed by atoms with Gasteiger partial charge in [0.05, 0.1) is 6.54 Å². The van der Waals surface area contributed by atoms with Crippen LogP contribution in [0.4, 0.5) is 0 Å². The third kappa shape index (κ3) is 3.06. The van der Waals surface area contributed by atoms with E-state index in [1.54, 1.807) is 16.2 Å². The number of amides is 1. The van der Waals surface area contributed by atoms with Crippen molar-refractivity contribution in [3.8, 4) is 0 Å². The first-order valence-electron chi connectivity index (χ1n) is 5.68. The van der Waals surface area contributed by atoms with Crippen LogP contribution in [0.3, 0.4) is 0 Å². The monoisotopic (exact) mass is 238 g/mol. The van der Waals surface area contributed by atoms with E-state index in [9.17, 15) is 4.79 Å². The van der Waals surface area contributed by atoms with Crippen LogP contribution in [0.5, 0.6) is 0 Å². The highest BCUT2D eigenvalue weighted by atomic mass is 32.1. The molecule has 1 amide bonds. The Morgan fingerprint density at radius 1 is 1.69 bits per heavy atom. The van der Waals surface area contributed by atoms with Crippen LogP contribution < -0.4 is 5.73 Å². The minimum Gasteiger partial charge on any atom is -0.341 e. The lowest BCUT2D eigenvalue weighted by Crippen LogP contribution is -2.33. The maximum absolute atomic E-state index is 11.9. The molecule has 1 heterocycles. The Morgan fingerprint density at radius 2 is 2.44 bits per heavy atom. The fraction of sp³-hybridized carbons (Fsp3) is 0.583. The van der Waals surface area contributed by atoms with Crippen molar-refractivity contribution in [3.05, 3.63) is 22.4 Å². The fourth-order valence-electron chi connectivity index (χ4n) is 1.77. The second-order valence-corrected chi connectivity index (χ2v) is 5.57. The van der Waals surface area contributed by atoms with Gasteiger partial charge >= 0.3 is 0 Å². The molecule has 4 heteroatoms. The third-order valence-corrected chi connectivity index (χ3v) is 3.90. The molecule has 0 aliphatic heterocycles. The van der Waals surface area contributed by atoms with E-state index in [1.807, 2.05) is 18.5 Å². The Morgan fingerprint density at radius 3 is 3.00 bits per heavy atom. The average Bonchev–Trinajstić information content (AvgIpc) is 2.98. The lowest BCUT2D eigenvalue weighted by molar-refractivity contribution is -0.130. The Kier molecular flexibility index (Phi) is 3.61. The molecule has 2 N–H and O–H groups in total. The highest BCUT2D eigenvalue weighted by Crippen LogP contribution is 2.33. The van der Waals surface area contributed by atoms with Crippen molar-refractivity contribution in [2.24, 2.45) is 11.7 Å². The van der Waals surface area contributed by atoms with Gasteiger partial charge in [-0.2, -0.15) is 0 Å². The largest absolute Gasteiger partial charge is 0.341 e. The summed E-state index contributed by atoms with van der Waals surface area (Å²) in [7, 11) is 1.85. The van der Waals surface area contributed by atoms with E-state index < -0.39 is 0 Å². The fourth-order valence-corrected chi connectivity index (χ4v) is 2.53. The van der Waals surface area contributed by atoms with E-state index in [-0.39, 0.29) is 11.9 Å². The topological polar surface area (TPSA) is 46.3 Å². The zero-order chi connectivity index (χ0) is 11.5. The van der Waals surface area contributed by atoms with Crippen molar-refractivity contribution in [1.29, 1.82) is 0 Å². The Bertz CT molecular complexity index is 346. The number of carbonyl (C=O) groups excluding carboxylic acids is 1. The van der Waals surface area contributed by atoms with Crippen molar-refractivity contribution in [2.75, 3.05) is 7.05 Å². The molecule has 0 spiro atoms. The van der Waals surface area contributed by atoms with E-state index in [4.69, 9.17) is 5.73 Å². The highest BCUT2D eigenvalue weighted by molar-refractivity contribution is 7.09. The van der Waals surface area contributed by atoms with Gasteiger partial charge in [0.2, 0.25) is 5.91 Å². The lowest BCUT2D eigenvalue weighted by atomic mass is 10.1. The van der Waals surface area contributed by atoms with Crippen LogP contribution in [0.1, 0.15) is 24.1 Å². The van der Waals surface area contributed by atoms with Crippen molar-refractivity contribution < 1.29 is 4.79 Å².